The van der Waals surface area contributed by atoms with Crippen molar-refractivity contribution in [1.29, 1.82) is 0 Å². The molecular formula is C17H17FN2OS. The Hall–Kier alpha value is -2.14. The Labute approximate surface area is 134 Å². The van der Waals surface area contributed by atoms with Gasteiger partial charge in [0.2, 0.25) is 0 Å². The molecule has 114 valence electrons. The molecule has 0 amide bonds. The van der Waals surface area contributed by atoms with Crippen molar-refractivity contribution in [2.24, 2.45) is 0 Å². The van der Waals surface area contributed by atoms with Gasteiger partial charge in [0, 0.05) is 37.4 Å². The summed E-state index contributed by atoms with van der Waals surface area (Å²) >= 11 is 5.52. The Bertz CT molecular complexity index is 667. The molecule has 2 aromatic rings. The van der Waals surface area contributed by atoms with E-state index >= 15 is 0 Å². The van der Waals surface area contributed by atoms with Crippen LogP contribution in [-0.2, 0) is 0 Å². The van der Waals surface area contributed by atoms with Crippen LogP contribution >= 0.6 is 12.2 Å². The predicted molar refractivity (Wildman–Crippen MR) is 90.0 cm³/mol. The molecule has 22 heavy (non-hydrogen) atoms. The predicted octanol–water partition coefficient (Wildman–Crippen LogP) is 3.03. The first-order chi connectivity index (χ1) is 10.6. The van der Waals surface area contributed by atoms with Crippen LogP contribution in [0.25, 0.3) is 0 Å². The molecular weight excluding hydrogens is 299 g/mol. The Balaban J connectivity index is 1.64. The number of thiocarbonyl (C=S) groups is 1. The second kappa shape index (κ2) is 6.32. The van der Waals surface area contributed by atoms with Crippen molar-refractivity contribution >= 4 is 22.9 Å². The first-order valence-electron chi connectivity index (χ1n) is 7.22. The van der Waals surface area contributed by atoms with Crippen LogP contribution in [0.4, 0.5) is 10.1 Å². The average Bonchev–Trinajstić information content (AvgIpc) is 2.55. The number of anilines is 1. The summed E-state index contributed by atoms with van der Waals surface area (Å²) < 4.78 is 13.0. The van der Waals surface area contributed by atoms with Gasteiger partial charge in [0.1, 0.15) is 16.6 Å². The van der Waals surface area contributed by atoms with E-state index in [1.54, 1.807) is 30.3 Å². The highest BCUT2D eigenvalue weighted by molar-refractivity contribution is 7.80. The zero-order valence-corrected chi connectivity index (χ0v) is 12.9. The third-order valence-corrected chi connectivity index (χ3v) is 4.35. The number of halogens is 1. The van der Waals surface area contributed by atoms with Crippen LogP contribution in [0.5, 0.6) is 5.75 Å². The Morgan fingerprint density at radius 2 is 1.68 bits per heavy atom. The van der Waals surface area contributed by atoms with E-state index in [-0.39, 0.29) is 11.6 Å². The van der Waals surface area contributed by atoms with Crippen molar-refractivity contribution in [2.75, 3.05) is 31.1 Å². The summed E-state index contributed by atoms with van der Waals surface area (Å²) in [6.07, 6.45) is 0. The molecule has 5 heteroatoms. The van der Waals surface area contributed by atoms with E-state index in [0.29, 0.717) is 0 Å². The number of benzene rings is 2. The Morgan fingerprint density at radius 1 is 1.00 bits per heavy atom. The molecule has 1 aliphatic heterocycles. The van der Waals surface area contributed by atoms with Crippen molar-refractivity contribution in [3.63, 3.8) is 0 Å². The van der Waals surface area contributed by atoms with Gasteiger partial charge in [-0.1, -0.05) is 24.4 Å². The first kappa shape index (κ1) is 14.8. The zero-order valence-electron chi connectivity index (χ0n) is 12.1. The van der Waals surface area contributed by atoms with Gasteiger partial charge in [-0.05, 0) is 36.4 Å². The van der Waals surface area contributed by atoms with Gasteiger partial charge in [-0.25, -0.2) is 4.39 Å². The third-order valence-electron chi connectivity index (χ3n) is 3.85. The van der Waals surface area contributed by atoms with E-state index in [1.807, 2.05) is 6.07 Å². The highest BCUT2D eigenvalue weighted by Crippen LogP contribution is 2.19. The van der Waals surface area contributed by atoms with Gasteiger partial charge in [-0.2, -0.15) is 0 Å². The van der Waals surface area contributed by atoms with Crippen LogP contribution in [-0.4, -0.2) is 41.2 Å². The second-order valence-electron chi connectivity index (χ2n) is 5.31. The minimum absolute atomic E-state index is 0.215. The van der Waals surface area contributed by atoms with Gasteiger partial charge in [-0.15, -0.1) is 0 Å². The minimum atomic E-state index is -0.215. The van der Waals surface area contributed by atoms with Crippen LogP contribution < -0.4 is 4.90 Å². The molecule has 3 rings (SSSR count). The van der Waals surface area contributed by atoms with Gasteiger partial charge in [0.25, 0.3) is 0 Å². The maximum absolute atomic E-state index is 13.0. The molecule has 0 spiro atoms. The number of hydrogen-bond acceptors (Lipinski definition) is 3. The highest BCUT2D eigenvalue weighted by atomic mass is 32.1. The maximum atomic E-state index is 13.0. The lowest BCUT2D eigenvalue weighted by molar-refractivity contribution is 0.392. The van der Waals surface area contributed by atoms with Crippen molar-refractivity contribution < 1.29 is 9.50 Å². The van der Waals surface area contributed by atoms with Gasteiger partial charge in [0.15, 0.2) is 0 Å². The fraction of sp³-hybridized carbons (Fsp3) is 0.235. The van der Waals surface area contributed by atoms with Crippen molar-refractivity contribution in [2.45, 2.75) is 0 Å². The molecule has 1 fully saturated rings. The average molecular weight is 316 g/mol. The summed E-state index contributed by atoms with van der Waals surface area (Å²) in [5, 5.41) is 9.56. The van der Waals surface area contributed by atoms with E-state index < -0.39 is 0 Å². The first-order valence-corrected chi connectivity index (χ1v) is 7.63. The van der Waals surface area contributed by atoms with E-state index in [2.05, 4.69) is 9.80 Å². The molecule has 0 aromatic heterocycles. The summed E-state index contributed by atoms with van der Waals surface area (Å²) in [6.45, 7) is 3.30. The van der Waals surface area contributed by atoms with E-state index in [9.17, 15) is 9.50 Å². The monoisotopic (exact) mass is 316 g/mol. The quantitative estimate of drug-likeness (QED) is 0.862. The zero-order chi connectivity index (χ0) is 15.5. The minimum Gasteiger partial charge on any atom is -0.508 e. The lowest BCUT2D eigenvalue weighted by Gasteiger charge is -2.37. The fourth-order valence-electron chi connectivity index (χ4n) is 2.64. The summed E-state index contributed by atoms with van der Waals surface area (Å²) in [7, 11) is 0. The van der Waals surface area contributed by atoms with E-state index in [1.165, 1.54) is 12.1 Å². The van der Waals surface area contributed by atoms with Crippen molar-refractivity contribution in [1.82, 2.24) is 4.90 Å². The number of nitrogens with zero attached hydrogens (tertiary/aromatic N) is 2. The van der Waals surface area contributed by atoms with Gasteiger partial charge >= 0.3 is 0 Å². The number of phenolic OH excluding ortho intramolecular Hbond substituents is 1. The molecule has 1 N–H and O–H groups in total. The van der Waals surface area contributed by atoms with Gasteiger partial charge in [0.05, 0.1) is 0 Å². The van der Waals surface area contributed by atoms with Gasteiger partial charge < -0.3 is 14.9 Å². The standard InChI is InChI=1S/C17H17FN2OS/c18-14-4-6-15(7-5-14)19-8-10-20(11-9-19)17(22)13-2-1-3-16(21)12-13/h1-7,12,21H,8-11H2. The number of piperazine rings is 1. The maximum Gasteiger partial charge on any atom is 0.123 e. The molecule has 2 aromatic carbocycles. The van der Waals surface area contributed by atoms with Crippen LogP contribution in [0.1, 0.15) is 5.56 Å². The summed E-state index contributed by atoms with van der Waals surface area (Å²) in [5.41, 5.74) is 1.90. The summed E-state index contributed by atoms with van der Waals surface area (Å²) in [4.78, 5) is 5.13. The molecule has 0 atom stereocenters. The molecule has 1 saturated heterocycles. The van der Waals surface area contributed by atoms with E-state index in [0.717, 1.165) is 42.4 Å². The summed E-state index contributed by atoms with van der Waals surface area (Å²) in [5.74, 6) is 0.0113. The summed E-state index contributed by atoms with van der Waals surface area (Å²) in [6, 6.07) is 13.6. The van der Waals surface area contributed by atoms with Crippen LogP contribution in [0.15, 0.2) is 48.5 Å². The lowest BCUT2D eigenvalue weighted by Crippen LogP contribution is -2.48. The SMILES string of the molecule is Oc1cccc(C(=S)N2CCN(c3ccc(F)cc3)CC2)c1. The van der Waals surface area contributed by atoms with Crippen molar-refractivity contribution in [3.8, 4) is 5.75 Å². The molecule has 0 unspecified atom stereocenters. The number of rotatable bonds is 2. The topological polar surface area (TPSA) is 26.7 Å². The second-order valence-corrected chi connectivity index (χ2v) is 5.69. The largest absolute Gasteiger partial charge is 0.508 e. The molecule has 1 aliphatic rings. The van der Waals surface area contributed by atoms with E-state index in [4.69, 9.17) is 12.2 Å². The lowest BCUT2D eigenvalue weighted by atomic mass is 10.1. The highest BCUT2D eigenvalue weighted by Gasteiger charge is 2.20. The molecule has 0 bridgehead atoms. The Kier molecular flexibility index (Phi) is 4.24. The molecule has 0 aliphatic carbocycles. The van der Waals surface area contributed by atoms with Crippen LogP contribution in [0.3, 0.4) is 0 Å². The van der Waals surface area contributed by atoms with Crippen LogP contribution in [0.2, 0.25) is 0 Å². The molecule has 0 radical (unpaired) electrons. The third kappa shape index (κ3) is 3.20. The molecule has 0 saturated carbocycles. The smallest absolute Gasteiger partial charge is 0.123 e. The van der Waals surface area contributed by atoms with Crippen LogP contribution in [0, 0.1) is 5.82 Å². The van der Waals surface area contributed by atoms with Crippen molar-refractivity contribution in [3.05, 3.63) is 59.9 Å². The number of aromatic hydroxyl groups is 1. The van der Waals surface area contributed by atoms with Gasteiger partial charge in [-0.3, -0.25) is 0 Å². The normalized spacial score (nSPS) is 15.0. The fourth-order valence-corrected chi connectivity index (χ4v) is 2.95. The molecule has 3 nitrogen and oxygen atoms in total. The Morgan fingerprint density at radius 3 is 2.32 bits per heavy atom. The number of hydrogen-bond donors (Lipinski definition) is 1. The molecule has 1 heterocycles. The number of phenols is 1.